The van der Waals surface area contributed by atoms with Crippen molar-refractivity contribution in [1.82, 2.24) is 0 Å². The summed E-state index contributed by atoms with van der Waals surface area (Å²) in [5, 5.41) is 0. The number of rotatable bonds is 0. The summed E-state index contributed by atoms with van der Waals surface area (Å²) in [5.74, 6) is 0. The predicted octanol–water partition coefficient (Wildman–Crippen LogP) is 0.998. The minimum absolute atomic E-state index is 0. The van der Waals surface area contributed by atoms with Crippen LogP contribution in [0.15, 0.2) is 0 Å². The molecule has 0 bridgehead atoms. The molecule has 0 aromatic rings. The second-order valence-electron chi connectivity index (χ2n) is 0.495. The molecule has 0 aliphatic rings. The monoisotopic (exact) mass is 150 g/mol. The van der Waals surface area contributed by atoms with Crippen molar-refractivity contribution in [2.75, 3.05) is 0 Å². The van der Waals surface area contributed by atoms with Gasteiger partial charge in [0, 0.05) is 37.7 Å². The predicted molar refractivity (Wildman–Crippen MR) is 29.7 cm³/mol. The summed E-state index contributed by atoms with van der Waals surface area (Å²) in [6.45, 7) is 0. The first-order valence-electron chi connectivity index (χ1n) is 1.31. The van der Waals surface area contributed by atoms with Crippen molar-refractivity contribution in [3.8, 4) is 0 Å². The minimum atomic E-state index is -3.67. The summed E-state index contributed by atoms with van der Waals surface area (Å²) in [6.07, 6.45) is 0. The van der Waals surface area contributed by atoms with Crippen LogP contribution in [0.3, 0.4) is 0 Å². The van der Waals surface area contributed by atoms with Gasteiger partial charge in [0.2, 0.25) is 0 Å². The van der Waals surface area contributed by atoms with Crippen LogP contribution in [0.2, 0.25) is 0 Å². The molecule has 50 valence electrons. The van der Waals surface area contributed by atoms with Gasteiger partial charge in [0.05, 0.1) is 0 Å². The molecule has 0 nitrogen and oxygen atoms in total. The molecule has 0 heterocycles. The molecule has 0 aromatic heterocycles. The molecule has 0 N–H and O–H groups in total. The van der Waals surface area contributed by atoms with Gasteiger partial charge in [-0.1, -0.05) is 0 Å². The van der Waals surface area contributed by atoms with Gasteiger partial charge in [-0.2, -0.15) is 0 Å². The Balaban J connectivity index is -0.0000000300. The number of hydrogen-bond donors (Lipinski definition) is 0. The van der Waals surface area contributed by atoms with Crippen LogP contribution < -0.4 is 0 Å². The van der Waals surface area contributed by atoms with Crippen molar-refractivity contribution in [2.24, 2.45) is 0 Å². The van der Waals surface area contributed by atoms with Crippen LogP contribution in [0.25, 0.3) is 0 Å². The molecule has 0 unspecified atom stereocenters. The topological polar surface area (TPSA) is 0 Å². The molecule has 0 rings (SSSR count). The molecular formula is B2F6Li2. The molecule has 0 saturated carbocycles. The molecule has 0 aromatic carbocycles. The van der Waals surface area contributed by atoms with E-state index < -0.39 is 15.1 Å². The van der Waals surface area contributed by atoms with Gasteiger partial charge in [-0.3, -0.25) is 25.9 Å². The maximum atomic E-state index is 9.67. The molecule has 0 spiro atoms. The second kappa shape index (κ2) is 16.5. The summed E-state index contributed by atoms with van der Waals surface area (Å²) in [7, 11) is -7.33. The fourth-order valence-corrected chi connectivity index (χ4v) is 0. The van der Waals surface area contributed by atoms with Crippen molar-refractivity contribution in [2.45, 2.75) is 0 Å². The molecular weight excluding hydrogens is 149 g/mol. The zero-order valence-electron chi connectivity index (χ0n) is 5.42. The largest absolute Gasteiger partial charge is 0.762 e. The van der Waals surface area contributed by atoms with E-state index in [1.807, 2.05) is 0 Å². The van der Waals surface area contributed by atoms with Crippen LogP contribution in [-0.4, -0.2) is 52.8 Å². The standard InChI is InChI=1S/2BF3.2Li/c2*2-1(3)4;;. The average Bonchev–Trinajstić information content (AvgIpc) is 1.25. The van der Waals surface area contributed by atoms with Crippen LogP contribution in [0.5, 0.6) is 0 Å². The zero-order valence-corrected chi connectivity index (χ0v) is 5.42. The van der Waals surface area contributed by atoms with Gasteiger partial charge in [0.25, 0.3) is 0 Å². The zero-order chi connectivity index (χ0) is 7.15. The Morgan fingerprint density at radius 1 is 0.500 bits per heavy atom. The fourth-order valence-electron chi connectivity index (χ4n) is 0. The van der Waals surface area contributed by atoms with Gasteiger partial charge in [-0.15, -0.1) is 0 Å². The first-order chi connectivity index (χ1) is 3.46. The van der Waals surface area contributed by atoms with Crippen molar-refractivity contribution in [3.05, 3.63) is 0 Å². The minimum Gasteiger partial charge on any atom is -0.254 e. The molecule has 10 heavy (non-hydrogen) atoms. The third-order valence-corrected chi connectivity index (χ3v) is 0. The van der Waals surface area contributed by atoms with Gasteiger partial charge in [-0.25, -0.2) is 0 Å². The Morgan fingerprint density at radius 2 is 0.500 bits per heavy atom. The van der Waals surface area contributed by atoms with E-state index in [0.717, 1.165) is 0 Å². The van der Waals surface area contributed by atoms with Crippen LogP contribution in [0, 0.1) is 0 Å². The van der Waals surface area contributed by atoms with Crippen LogP contribution >= 0.6 is 0 Å². The molecule has 0 aliphatic heterocycles. The summed E-state index contributed by atoms with van der Waals surface area (Å²) in [5.41, 5.74) is 0. The Morgan fingerprint density at radius 3 is 0.500 bits per heavy atom. The third-order valence-electron chi connectivity index (χ3n) is 0. The van der Waals surface area contributed by atoms with Crippen LogP contribution in [-0.2, 0) is 0 Å². The number of halogens is 6. The van der Waals surface area contributed by atoms with E-state index in [4.69, 9.17) is 0 Å². The Hall–Kier alpha value is 0.905. The van der Waals surface area contributed by atoms with Gasteiger partial charge < -0.3 is 0 Å². The normalized spacial score (nSPS) is 5.40. The van der Waals surface area contributed by atoms with Crippen molar-refractivity contribution in [3.63, 3.8) is 0 Å². The Kier molecular flexibility index (Phi) is 37.0. The first kappa shape index (κ1) is 22.4. The molecule has 0 amide bonds. The van der Waals surface area contributed by atoms with Crippen molar-refractivity contribution >= 4 is 52.8 Å². The quantitative estimate of drug-likeness (QED) is 0.356. The summed E-state index contributed by atoms with van der Waals surface area (Å²) >= 11 is 0. The number of hydrogen-bond acceptors (Lipinski definition) is 0. The van der Waals surface area contributed by atoms with E-state index in [1.165, 1.54) is 0 Å². The van der Waals surface area contributed by atoms with E-state index >= 15 is 0 Å². The van der Waals surface area contributed by atoms with E-state index in [-0.39, 0.29) is 37.7 Å². The fraction of sp³-hybridized carbons (Fsp3) is 0. The smallest absolute Gasteiger partial charge is 0.254 e. The van der Waals surface area contributed by atoms with Gasteiger partial charge in [0.1, 0.15) is 0 Å². The van der Waals surface area contributed by atoms with E-state index in [2.05, 4.69) is 0 Å². The third kappa shape index (κ3) is 680. The maximum absolute atomic E-state index is 9.67. The molecule has 0 saturated heterocycles. The van der Waals surface area contributed by atoms with E-state index in [0.29, 0.717) is 0 Å². The van der Waals surface area contributed by atoms with Gasteiger partial charge in [0.15, 0.2) is 0 Å². The summed E-state index contributed by atoms with van der Waals surface area (Å²) in [4.78, 5) is 0. The molecule has 0 fully saturated rings. The van der Waals surface area contributed by atoms with Crippen LogP contribution in [0.1, 0.15) is 0 Å². The first-order valence-corrected chi connectivity index (χ1v) is 1.31. The second-order valence-corrected chi connectivity index (χ2v) is 0.495. The maximum Gasteiger partial charge on any atom is 0.762 e. The summed E-state index contributed by atoms with van der Waals surface area (Å²) < 4.78 is 58.0. The Labute approximate surface area is 78.9 Å². The van der Waals surface area contributed by atoms with Gasteiger partial charge in [-0.05, 0) is 0 Å². The molecule has 2 radical (unpaired) electrons. The van der Waals surface area contributed by atoms with Gasteiger partial charge >= 0.3 is 15.1 Å². The summed E-state index contributed by atoms with van der Waals surface area (Å²) in [6, 6.07) is 0. The van der Waals surface area contributed by atoms with Crippen molar-refractivity contribution in [1.29, 1.82) is 0 Å². The SMILES string of the molecule is FB(F)F.FB(F)F.[Li].[Li]. The van der Waals surface area contributed by atoms with Crippen LogP contribution in [0.4, 0.5) is 25.9 Å². The van der Waals surface area contributed by atoms with E-state index in [9.17, 15) is 25.9 Å². The molecule has 0 atom stereocenters. The average molecular weight is 149 g/mol. The Bertz CT molecular complexity index is 29.2. The van der Waals surface area contributed by atoms with E-state index in [1.54, 1.807) is 0 Å². The molecule has 10 heteroatoms. The molecule has 0 aliphatic carbocycles. The van der Waals surface area contributed by atoms with Crippen molar-refractivity contribution < 1.29 is 25.9 Å².